The van der Waals surface area contributed by atoms with Gasteiger partial charge in [-0.05, 0) is 31.6 Å². The van der Waals surface area contributed by atoms with Gasteiger partial charge in [0.05, 0.1) is 18.2 Å². The normalized spacial score (nSPS) is 19.0. The monoisotopic (exact) mass is 311 g/mol. The second-order valence-corrected chi connectivity index (χ2v) is 6.57. The summed E-state index contributed by atoms with van der Waals surface area (Å²) in [5.41, 5.74) is 1.07. The van der Waals surface area contributed by atoms with Gasteiger partial charge in [-0.2, -0.15) is 0 Å². The van der Waals surface area contributed by atoms with E-state index in [0.717, 1.165) is 44.0 Å². The Balaban J connectivity index is 1.37. The molecule has 0 unspecified atom stereocenters. The van der Waals surface area contributed by atoms with Gasteiger partial charge in [-0.3, -0.25) is 14.3 Å². The van der Waals surface area contributed by atoms with Crippen LogP contribution in [-0.2, 0) is 6.54 Å². The van der Waals surface area contributed by atoms with Crippen molar-refractivity contribution >= 4 is 5.82 Å². The molecule has 2 aromatic rings. The number of rotatable bonds is 4. The number of hydrogen-bond donors (Lipinski definition) is 0. The first-order chi connectivity index (χ1) is 11.3. The van der Waals surface area contributed by atoms with E-state index in [2.05, 4.69) is 19.9 Å². The minimum Gasteiger partial charge on any atom is -0.355 e. The molecule has 0 N–H and O–H groups in total. The van der Waals surface area contributed by atoms with E-state index >= 15 is 0 Å². The fraction of sp³-hybridized carbons (Fsp3) is 0.529. The molecule has 0 spiro atoms. The van der Waals surface area contributed by atoms with Crippen molar-refractivity contribution in [2.45, 2.75) is 38.1 Å². The van der Waals surface area contributed by atoms with Crippen LogP contribution in [0.3, 0.4) is 0 Å². The fourth-order valence-corrected chi connectivity index (χ4v) is 3.26. The molecule has 1 aliphatic heterocycles. The summed E-state index contributed by atoms with van der Waals surface area (Å²) in [6, 6.07) is 1.73. The fourth-order valence-electron chi connectivity index (χ4n) is 3.26. The molecule has 6 nitrogen and oxygen atoms in total. The van der Waals surface area contributed by atoms with Gasteiger partial charge in [0, 0.05) is 44.0 Å². The molecule has 120 valence electrons. The van der Waals surface area contributed by atoms with Gasteiger partial charge in [-0.15, -0.1) is 0 Å². The summed E-state index contributed by atoms with van der Waals surface area (Å²) in [6.45, 7) is 2.70. The standard InChI is InChI=1S/C17H21N5O/c23-17-9-15(14-1-2-14)20-12-22(17)11-13-3-7-21(8-4-13)16-10-18-5-6-19-16/h5-6,9-10,12-14H,1-4,7-8,11H2. The van der Waals surface area contributed by atoms with Gasteiger partial charge in [0.15, 0.2) is 0 Å². The Labute approximate surface area is 135 Å². The van der Waals surface area contributed by atoms with Crippen molar-refractivity contribution in [1.82, 2.24) is 19.5 Å². The molecule has 0 radical (unpaired) electrons. The number of nitrogens with zero attached hydrogens (tertiary/aromatic N) is 5. The highest BCUT2D eigenvalue weighted by Gasteiger charge is 2.26. The molecule has 2 fully saturated rings. The summed E-state index contributed by atoms with van der Waals surface area (Å²) in [7, 11) is 0. The third kappa shape index (κ3) is 3.25. The molecule has 23 heavy (non-hydrogen) atoms. The van der Waals surface area contributed by atoms with Crippen molar-refractivity contribution in [1.29, 1.82) is 0 Å². The van der Waals surface area contributed by atoms with Gasteiger partial charge >= 0.3 is 0 Å². The van der Waals surface area contributed by atoms with E-state index in [1.807, 2.05) is 6.20 Å². The number of hydrogen-bond acceptors (Lipinski definition) is 5. The lowest BCUT2D eigenvalue weighted by molar-refractivity contribution is 0.349. The summed E-state index contributed by atoms with van der Waals surface area (Å²) in [5, 5.41) is 0. The highest BCUT2D eigenvalue weighted by molar-refractivity contribution is 5.35. The van der Waals surface area contributed by atoms with Crippen LogP contribution in [-0.4, -0.2) is 32.6 Å². The maximum atomic E-state index is 12.2. The summed E-state index contributed by atoms with van der Waals surface area (Å²) in [6.07, 6.45) is 11.5. The van der Waals surface area contributed by atoms with E-state index in [1.54, 1.807) is 29.4 Å². The van der Waals surface area contributed by atoms with Gasteiger partial charge in [-0.1, -0.05) is 0 Å². The third-order valence-electron chi connectivity index (χ3n) is 4.84. The van der Waals surface area contributed by atoms with Crippen molar-refractivity contribution in [2.24, 2.45) is 5.92 Å². The third-order valence-corrected chi connectivity index (χ3v) is 4.84. The Bertz CT molecular complexity index is 717. The number of anilines is 1. The quantitative estimate of drug-likeness (QED) is 0.862. The highest BCUT2D eigenvalue weighted by atomic mass is 16.1. The molecule has 0 atom stereocenters. The van der Waals surface area contributed by atoms with Crippen LogP contribution in [0.5, 0.6) is 0 Å². The molecule has 1 saturated carbocycles. The van der Waals surface area contributed by atoms with E-state index in [9.17, 15) is 4.79 Å². The molecule has 2 aliphatic rings. The molecular weight excluding hydrogens is 290 g/mol. The van der Waals surface area contributed by atoms with E-state index in [-0.39, 0.29) is 5.56 Å². The molecule has 1 aliphatic carbocycles. The zero-order valence-corrected chi connectivity index (χ0v) is 13.1. The SMILES string of the molecule is O=c1cc(C2CC2)ncn1CC1CCN(c2cnccn2)CC1. The Morgan fingerprint density at radius 3 is 2.57 bits per heavy atom. The lowest BCUT2D eigenvalue weighted by Gasteiger charge is -2.32. The van der Waals surface area contributed by atoms with E-state index in [4.69, 9.17) is 0 Å². The minimum atomic E-state index is 0.0956. The maximum Gasteiger partial charge on any atom is 0.253 e. The Morgan fingerprint density at radius 1 is 1.09 bits per heavy atom. The topological polar surface area (TPSA) is 63.9 Å². The Kier molecular flexibility index (Phi) is 3.81. The number of aromatic nitrogens is 4. The van der Waals surface area contributed by atoms with Crippen LogP contribution in [0.15, 0.2) is 35.8 Å². The molecular formula is C17H21N5O. The minimum absolute atomic E-state index is 0.0956. The van der Waals surface area contributed by atoms with Crippen LogP contribution >= 0.6 is 0 Å². The van der Waals surface area contributed by atoms with E-state index in [0.29, 0.717) is 11.8 Å². The summed E-state index contributed by atoms with van der Waals surface area (Å²) in [5.74, 6) is 2.00. The predicted octanol–water partition coefficient (Wildman–Crippen LogP) is 1.83. The first-order valence-electron chi connectivity index (χ1n) is 8.37. The molecule has 6 heteroatoms. The molecule has 1 saturated heterocycles. The highest BCUT2D eigenvalue weighted by Crippen LogP contribution is 2.38. The average molecular weight is 311 g/mol. The van der Waals surface area contributed by atoms with Crippen molar-refractivity contribution in [3.8, 4) is 0 Å². The van der Waals surface area contributed by atoms with Crippen LogP contribution in [0.4, 0.5) is 5.82 Å². The molecule has 3 heterocycles. The van der Waals surface area contributed by atoms with Gasteiger partial charge in [0.25, 0.3) is 5.56 Å². The molecule has 0 aromatic carbocycles. The van der Waals surface area contributed by atoms with E-state index in [1.165, 1.54) is 12.8 Å². The summed E-state index contributed by atoms with van der Waals surface area (Å²) < 4.78 is 1.77. The Morgan fingerprint density at radius 2 is 1.91 bits per heavy atom. The van der Waals surface area contributed by atoms with Crippen molar-refractivity contribution < 1.29 is 0 Å². The van der Waals surface area contributed by atoms with Crippen molar-refractivity contribution in [3.63, 3.8) is 0 Å². The summed E-state index contributed by atoms with van der Waals surface area (Å²) >= 11 is 0. The zero-order chi connectivity index (χ0) is 15.6. The Hall–Kier alpha value is -2.24. The van der Waals surface area contributed by atoms with Gasteiger partial charge in [-0.25, -0.2) is 9.97 Å². The zero-order valence-electron chi connectivity index (χ0n) is 13.1. The predicted molar refractivity (Wildman–Crippen MR) is 87.4 cm³/mol. The van der Waals surface area contributed by atoms with Crippen LogP contribution in [0, 0.1) is 5.92 Å². The molecule has 0 bridgehead atoms. The van der Waals surface area contributed by atoms with Crippen LogP contribution in [0.25, 0.3) is 0 Å². The van der Waals surface area contributed by atoms with Crippen molar-refractivity contribution in [2.75, 3.05) is 18.0 Å². The second-order valence-electron chi connectivity index (χ2n) is 6.57. The molecule has 4 rings (SSSR count). The first kappa shape index (κ1) is 14.4. The lowest BCUT2D eigenvalue weighted by Crippen LogP contribution is -2.36. The van der Waals surface area contributed by atoms with Crippen molar-refractivity contribution in [3.05, 3.63) is 47.0 Å². The average Bonchev–Trinajstić information content (AvgIpc) is 3.43. The van der Waals surface area contributed by atoms with Crippen LogP contribution in [0.1, 0.15) is 37.3 Å². The van der Waals surface area contributed by atoms with E-state index < -0.39 is 0 Å². The smallest absolute Gasteiger partial charge is 0.253 e. The lowest BCUT2D eigenvalue weighted by atomic mass is 9.97. The van der Waals surface area contributed by atoms with Gasteiger partial charge < -0.3 is 4.90 Å². The first-order valence-corrected chi connectivity index (χ1v) is 8.37. The maximum absolute atomic E-state index is 12.2. The van der Waals surface area contributed by atoms with Crippen LogP contribution in [0.2, 0.25) is 0 Å². The summed E-state index contributed by atoms with van der Waals surface area (Å²) in [4.78, 5) is 27.4. The van der Waals surface area contributed by atoms with Gasteiger partial charge in [0.2, 0.25) is 0 Å². The molecule has 2 aromatic heterocycles. The van der Waals surface area contributed by atoms with Gasteiger partial charge in [0.1, 0.15) is 5.82 Å². The number of piperidine rings is 1. The van der Waals surface area contributed by atoms with Crippen LogP contribution < -0.4 is 10.5 Å². The largest absolute Gasteiger partial charge is 0.355 e. The second kappa shape index (κ2) is 6.10. The molecule has 0 amide bonds.